The fourth-order valence-electron chi connectivity index (χ4n) is 1.55. The van der Waals surface area contributed by atoms with Gasteiger partial charge in [0.25, 0.3) is 0 Å². The summed E-state index contributed by atoms with van der Waals surface area (Å²) in [5.74, 6) is 0.920. The first kappa shape index (κ1) is 14.5. The van der Waals surface area contributed by atoms with E-state index in [4.69, 9.17) is 4.74 Å². The first-order valence-electron chi connectivity index (χ1n) is 6.35. The molecule has 0 aromatic heterocycles. The average Bonchev–Trinajstić information content (AvgIpc) is 2.35. The highest BCUT2D eigenvalue weighted by atomic mass is 16.5. The van der Waals surface area contributed by atoms with Crippen LogP contribution in [0, 0.1) is 0 Å². The molecule has 0 bridgehead atoms. The molecule has 0 aliphatic carbocycles. The van der Waals surface area contributed by atoms with E-state index in [1.807, 2.05) is 24.3 Å². The van der Waals surface area contributed by atoms with Gasteiger partial charge in [0.05, 0.1) is 0 Å². The third-order valence-corrected chi connectivity index (χ3v) is 2.53. The molecular weight excluding hydrogens is 222 g/mol. The molecule has 0 atom stereocenters. The highest BCUT2D eigenvalue weighted by Crippen LogP contribution is 2.19. The maximum absolute atomic E-state index is 5.80. The minimum Gasteiger partial charge on any atom is -0.489 e. The lowest BCUT2D eigenvalue weighted by molar-refractivity contribution is 0.344. The van der Waals surface area contributed by atoms with Crippen molar-refractivity contribution in [2.75, 3.05) is 13.2 Å². The Kier molecular flexibility index (Phi) is 6.23. The molecule has 0 aliphatic rings. The highest BCUT2D eigenvalue weighted by molar-refractivity contribution is 5.34. The fourth-order valence-corrected chi connectivity index (χ4v) is 1.55. The first-order chi connectivity index (χ1) is 8.63. The molecule has 0 saturated carbocycles. The van der Waals surface area contributed by atoms with Gasteiger partial charge in [0.2, 0.25) is 0 Å². The third-order valence-electron chi connectivity index (χ3n) is 2.53. The van der Waals surface area contributed by atoms with Gasteiger partial charge in [0.15, 0.2) is 0 Å². The Morgan fingerprint density at radius 1 is 1.39 bits per heavy atom. The quantitative estimate of drug-likeness (QED) is 0.709. The SMILES string of the molecule is C=CCc1ccccc1OCC(=C)CNC(C)C. The van der Waals surface area contributed by atoms with E-state index in [0.717, 1.165) is 29.9 Å². The number of rotatable bonds is 8. The monoisotopic (exact) mass is 245 g/mol. The lowest BCUT2D eigenvalue weighted by Gasteiger charge is -2.13. The van der Waals surface area contributed by atoms with Crippen LogP contribution < -0.4 is 10.1 Å². The third kappa shape index (κ3) is 5.19. The molecule has 0 heterocycles. The molecule has 0 amide bonds. The number of hydrogen-bond acceptors (Lipinski definition) is 2. The van der Waals surface area contributed by atoms with Crippen molar-refractivity contribution in [1.29, 1.82) is 0 Å². The molecule has 0 radical (unpaired) electrons. The largest absolute Gasteiger partial charge is 0.489 e. The zero-order chi connectivity index (χ0) is 13.4. The van der Waals surface area contributed by atoms with Crippen LogP contribution in [0.4, 0.5) is 0 Å². The Morgan fingerprint density at radius 3 is 2.78 bits per heavy atom. The molecule has 1 aromatic rings. The summed E-state index contributed by atoms with van der Waals surface area (Å²) in [7, 11) is 0. The van der Waals surface area contributed by atoms with E-state index in [1.54, 1.807) is 0 Å². The van der Waals surface area contributed by atoms with E-state index in [-0.39, 0.29) is 0 Å². The van der Waals surface area contributed by atoms with Crippen LogP contribution in [0.1, 0.15) is 19.4 Å². The van der Waals surface area contributed by atoms with E-state index in [9.17, 15) is 0 Å². The van der Waals surface area contributed by atoms with Crippen molar-refractivity contribution in [3.8, 4) is 5.75 Å². The van der Waals surface area contributed by atoms with Gasteiger partial charge in [-0.1, -0.05) is 44.7 Å². The van der Waals surface area contributed by atoms with Crippen LogP contribution in [-0.4, -0.2) is 19.2 Å². The summed E-state index contributed by atoms with van der Waals surface area (Å²) in [6, 6.07) is 8.52. The fraction of sp³-hybridized carbons (Fsp3) is 0.375. The van der Waals surface area contributed by atoms with Crippen LogP contribution in [0.5, 0.6) is 5.75 Å². The molecule has 0 fully saturated rings. The van der Waals surface area contributed by atoms with Crippen molar-refractivity contribution in [3.05, 3.63) is 54.6 Å². The van der Waals surface area contributed by atoms with Crippen LogP contribution >= 0.6 is 0 Å². The summed E-state index contributed by atoms with van der Waals surface area (Å²) in [4.78, 5) is 0. The topological polar surface area (TPSA) is 21.3 Å². The lowest BCUT2D eigenvalue weighted by atomic mass is 10.1. The van der Waals surface area contributed by atoms with Crippen molar-refractivity contribution in [1.82, 2.24) is 5.32 Å². The molecule has 0 spiro atoms. The predicted molar refractivity (Wildman–Crippen MR) is 78.1 cm³/mol. The van der Waals surface area contributed by atoms with Crippen molar-refractivity contribution >= 4 is 0 Å². The van der Waals surface area contributed by atoms with Crippen LogP contribution in [-0.2, 0) is 6.42 Å². The van der Waals surface area contributed by atoms with Crippen LogP contribution in [0.3, 0.4) is 0 Å². The molecule has 1 N–H and O–H groups in total. The smallest absolute Gasteiger partial charge is 0.123 e. The molecule has 1 rings (SSSR count). The minimum atomic E-state index is 0.467. The zero-order valence-corrected chi connectivity index (χ0v) is 11.4. The lowest BCUT2D eigenvalue weighted by Crippen LogP contribution is -2.26. The van der Waals surface area contributed by atoms with Crippen molar-refractivity contribution < 1.29 is 4.74 Å². The van der Waals surface area contributed by atoms with E-state index < -0.39 is 0 Å². The second kappa shape index (κ2) is 7.72. The standard InChI is InChI=1S/C16H23NO/c1-5-8-15-9-6-7-10-16(15)18-12-14(4)11-17-13(2)3/h5-7,9-10,13,17H,1,4,8,11-12H2,2-3H3. The second-order valence-corrected chi connectivity index (χ2v) is 4.67. The molecule has 2 heteroatoms. The Morgan fingerprint density at radius 2 is 2.11 bits per heavy atom. The van der Waals surface area contributed by atoms with Crippen molar-refractivity contribution in [2.45, 2.75) is 26.3 Å². The Bertz CT molecular complexity index is 396. The number of hydrogen-bond donors (Lipinski definition) is 1. The van der Waals surface area contributed by atoms with Crippen molar-refractivity contribution in [3.63, 3.8) is 0 Å². The molecule has 18 heavy (non-hydrogen) atoms. The summed E-state index contributed by atoms with van der Waals surface area (Å²) in [6.45, 7) is 13.3. The first-order valence-corrected chi connectivity index (χ1v) is 6.35. The van der Waals surface area contributed by atoms with Gasteiger partial charge in [0, 0.05) is 12.6 Å². The molecule has 1 aromatic carbocycles. The number of nitrogens with one attached hydrogen (secondary N) is 1. The van der Waals surface area contributed by atoms with Crippen LogP contribution in [0.2, 0.25) is 0 Å². The Hall–Kier alpha value is -1.54. The van der Waals surface area contributed by atoms with Gasteiger partial charge in [-0.25, -0.2) is 0 Å². The number of ether oxygens (including phenoxy) is 1. The zero-order valence-electron chi connectivity index (χ0n) is 11.4. The summed E-state index contributed by atoms with van der Waals surface area (Å²) in [5, 5.41) is 3.33. The van der Waals surface area contributed by atoms with Gasteiger partial charge >= 0.3 is 0 Å². The van der Waals surface area contributed by atoms with E-state index >= 15 is 0 Å². The highest BCUT2D eigenvalue weighted by Gasteiger charge is 2.02. The number of benzene rings is 1. The Labute approximate surface area is 110 Å². The van der Waals surface area contributed by atoms with Crippen LogP contribution in [0.25, 0.3) is 0 Å². The van der Waals surface area contributed by atoms with Crippen molar-refractivity contribution in [2.24, 2.45) is 0 Å². The number of para-hydroxylation sites is 1. The predicted octanol–water partition coefficient (Wildman–Crippen LogP) is 3.35. The maximum Gasteiger partial charge on any atom is 0.123 e. The van der Waals surface area contributed by atoms with Gasteiger partial charge < -0.3 is 10.1 Å². The maximum atomic E-state index is 5.80. The van der Waals surface area contributed by atoms with Gasteiger partial charge in [-0.2, -0.15) is 0 Å². The number of allylic oxidation sites excluding steroid dienone is 1. The Balaban J connectivity index is 2.47. The van der Waals surface area contributed by atoms with Gasteiger partial charge in [-0.05, 0) is 23.6 Å². The van der Waals surface area contributed by atoms with Gasteiger partial charge in [-0.15, -0.1) is 6.58 Å². The summed E-state index contributed by atoms with van der Waals surface area (Å²) < 4.78 is 5.80. The van der Waals surface area contributed by atoms with E-state index in [2.05, 4.69) is 38.4 Å². The van der Waals surface area contributed by atoms with E-state index in [1.165, 1.54) is 0 Å². The normalized spacial score (nSPS) is 10.4. The van der Waals surface area contributed by atoms with Gasteiger partial charge in [-0.3, -0.25) is 0 Å². The molecule has 0 aliphatic heterocycles. The van der Waals surface area contributed by atoms with E-state index in [0.29, 0.717) is 12.6 Å². The molecular formula is C16H23NO. The van der Waals surface area contributed by atoms with Crippen LogP contribution in [0.15, 0.2) is 49.1 Å². The molecule has 0 saturated heterocycles. The minimum absolute atomic E-state index is 0.467. The average molecular weight is 245 g/mol. The molecule has 0 unspecified atom stereocenters. The summed E-state index contributed by atoms with van der Waals surface area (Å²) in [5.41, 5.74) is 2.22. The summed E-state index contributed by atoms with van der Waals surface area (Å²) >= 11 is 0. The van der Waals surface area contributed by atoms with Gasteiger partial charge in [0.1, 0.15) is 12.4 Å². The molecule has 98 valence electrons. The second-order valence-electron chi connectivity index (χ2n) is 4.67. The summed E-state index contributed by atoms with van der Waals surface area (Å²) in [6.07, 6.45) is 2.71. The molecule has 2 nitrogen and oxygen atoms in total.